The minimum atomic E-state index is -0.334. The van der Waals surface area contributed by atoms with Crippen LogP contribution in [-0.4, -0.2) is 24.1 Å². The predicted octanol–water partition coefficient (Wildman–Crippen LogP) is 3.91. The van der Waals surface area contributed by atoms with Gasteiger partial charge in [-0.2, -0.15) is 0 Å². The number of nitrogens with one attached hydrogen (secondary N) is 1. The van der Waals surface area contributed by atoms with E-state index in [1.807, 2.05) is 30.3 Å². The van der Waals surface area contributed by atoms with Crippen molar-refractivity contribution >= 4 is 34.1 Å². The number of hydrogen-bond acceptors (Lipinski definition) is 4. The number of halogens is 1. The summed E-state index contributed by atoms with van der Waals surface area (Å²) in [5, 5.41) is 4.13. The van der Waals surface area contributed by atoms with Gasteiger partial charge in [-0.15, -0.1) is 0 Å². The van der Waals surface area contributed by atoms with Gasteiger partial charge in [-0.1, -0.05) is 35.9 Å². The van der Waals surface area contributed by atoms with Crippen LogP contribution in [0, 0.1) is 0 Å². The molecule has 2 aromatic carbocycles. The molecule has 5 nitrogen and oxygen atoms in total. The van der Waals surface area contributed by atoms with E-state index in [0.29, 0.717) is 41.1 Å². The Morgan fingerprint density at radius 1 is 1.04 bits per heavy atom. The molecule has 4 rings (SSSR count). The highest BCUT2D eigenvalue weighted by Crippen LogP contribution is 2.38. The first-order valence-corrected chi connectivity index (χ1v) is 7.85. The first kappa shape index (κ1) is 14.8. The average Bonchev–Trinajstić information content (AvgIpc) is 2.62. The van der Waals surface area contributed by atoms with Gasteiger partial charge in [0.25, 0.3) is 5.91 Å². The van der Waals surface area contributed by atoms with Crippen molar-refractivity contribution in [1.82, 2.24) is 4.98 Å². The number of benzene rings is 2. The fourth-order valence-electron chi connectivity index (χ4n) is 2.54. The molecule has 6 heteroatoms. The SMILES string of the molecule is O=C(Nc1cc2c(cc1Cl)OCCO2)c1ccc2ccccc2n1. The standard InChI is InChI=1S/C18H13ClN2O3/c19-12-9-16-17(24-8-7-23-16)10-15(12)21-18(22)14-6-5-11-3-1-2-4-13(11)20-14/h1-6,9-10H,7-8H2,(H,21,22). The number of para-hydroxylation sites is 1. The molecule has 1 aromatic heterocycles. The van der Waals surface area contributed by atoms with Gasteiger partial charge in [0.1, 0.15) is 18.9 Å². The van der Waals surface area contributed by atoms with Gasteiger partial charge in [-0.05, 0) is 12.1 Å². The number of ether oxygens (including phenoxy) is 2. The van der Waals surface area contributed by atoms with E-state index in [1.165, 1.54) is 0 Å². The van der Waals surface area contributed by atoms with Crippen LogP contribution in [0.15, 0.2) is 48.5 Å². The number of carbonyl (C=O) groups excluding carboxylic acids is 1. The third kappa shape index (κ3) is 2.74. The zero-order valence-corrected chi connectivity index (χ0v) is 13.3. The van der Waals surface area contributed by atoms with Gasteiger partial charge in [0.2, 0.25) is 0 Å². The van der Waals surface area contributed by atoms with Crippen LogP contribution < -0.4 is 14.8 Å². The minimum Gasteiger partial charge on any atom is -0.486 e. The van der Waals surface area contributed by atoms with Crippen molar-refractivity contribution in [3.05, 3.63) is 59.2 Å². The Bertz CT molecular complexity index is 943. The summed E-state index contributed by atoms with van der Waals surface area (Å²) >= 11 is 6.22. The molecule has 0 saturated carbocycles. The van der Waals surface area contributed by atoms with Crippen molar-refractivity contribution in [2.75, 3.05) is 18.5 Å². The number of carbonyl (C=O) groups is 1. The van der Waals surface area contributed by atoms with Crippen LogP contribution in [-0.2, 0) is 0 Å². The molecular weight excluding hydrogens is 328 g/mol. The smallest absolute Gasteiger partial charge is 0.274 e. The number of amides is 1. The third-order valence-electron chi connectivity index (χ3n) is 3.71. The lowest BCUT2D eigenvalue weighted by Gasteiger charge is -2.20. The van der Waals surface area contributed by atoms with E-state index in [1.54, 1.807) is 18.2 Å². The molecule has 1 N–H and O–H groups in total. The highest BCUT2D eigenvalue weighted by atomic mass is 35.5. The fraction of sp³-hybridized carbons (Fsp3) is 0.111. The summed E-state index contributed by atoms with van der Waals surface area (Å²) in [7, 11) is 0. The van der Waals surface area contributed by atoms with Crippen LogP contribution in [0.5, 0.6) is 11.5 Å². The van der Waals surface area contributed by atoms with E-state index in [4.69, 9.17) is 21.1 Å². The summed E-state index contributed by atoms with van der Waals surface area (Å²) in [6, 6.07) is 14.5. The molecule has 1 aliphatic rings. The zero-order valence-electron chi connectivity index (χ0n) is 12.6. The lowest BCUT2D eigenvalue weighted by molar-refractivity contribution is 0.102. The maximum atomic E-state index is 12.5. The average molecular weight is 341 g/mol. The maximum Gasteiger partial charge on any atom is 0.274 e. The summed E-state index contributed by atoms with van der Waals surface area (Å²) in [6.07, 6.45) is 0. The van der Waals surface area contributed by atoms with Gasteiger partial charge in [-0.3, -0.25) is 4.79 Å². The number of hydrogen-bond donors (Lipinski definition) is 1. The highest BCUT2D eigenvalue weighted by molar-refractivity contribution is 6.34. The monoisotopic (exact) mass is 340 g/mol. The number of fused-ring (bicyclic) bond motifs is 2. The van der Waals surface area contributed by atoms with Crippen molar-refractivity contribution in [3.8, 4) is 11.5 Å². The molecule has 0 saturated heterocycles. The van der Waals surface area contributed by atoms with Crippen molar-refractivity contribution < 1.29 is 14.3 Å². The Labute approximate surface area is 143 Å². The zero-order chi connectivity index (χ0) is 16.5. The van der Waals surface area contributed by atoms with E-state index in [-0.39, 0.29) is 5.91 Å². The first-order valence-electron chi connectivity index (χ1n) is 7.47. The molecule has 0 fully saturated rings. The van der Waals surface area contributed by atoms with E-state index >= 15 is 0 Å². The molecule has 0 bridgehead atoms. The molecule has 2 heterocycles. The quantitative estimate of drug-likeness (QED) is 0.768. The molecule has 0 aliphatic carbocycles. The van der Waals surface area contributed by atoms with Gasteiger partial charge >= 0.3 is 0 Å². The summed E-state index contributed by atoms with van der Waals surface area (Å²) < 4.78 is 11.0. The van der Waals surface area contributed by atoms with E-state index < -0.39 is 0 Å². The molecule has 0 radical (unpaired) electrons. The number of pyridine rings is 1. The minimum absolute atomic E-state index is 0.319. The summed E-state index contributed by atoms with van der Waals surface area (Å²) in [4.78, 5) is 16.9. The molecule has 0 spiro atoms. The first-order chi connectivity index (χ1) is 11.7. The molecular formula is C18H13ClN2O3. The van der Waals surface area contributed by atoms with Gasteiger partial charge in [0.15, 0.2) is 11.5 Å². The lowest BCUT2D eigenvalue weighted by Crippen LogP contribution is -2.17. The van der Waals surface area contributed by atoms with Crippen LogP contribution in [0.4, 0.5) is 5.69 Å². The number of nitrogens with zero attached hydrogens (tertiary/aromatic N) is 1. The van der Waals surface area contributed by atoms with E-state index in [0.717, 1.165) is 10.9 Å². The molecule has 0 unspecified atom stereocenters. The Hall–Kier alpha value is -2.79. The van der Waals surface area contributed by atoms with E-state index in [2.05, 4.69) is 10.3 Å². The molecule has 24 heavy (non-hydrogen) atoms. The Morgan fingerprint density at radius 3 is 2.62 bits per heavy atom. The Morgan fingerprint density at radius 2 is 1.79 bits per heavy atom. The molecule has 3 aromatic rings. The van der Waals surface area contributed by atoms with Crippen LogP contribution in [0.2, 0.25) is 5.02 Å². The molecule has 1 aliphatic heterocycles. The van der Waals surface area contributed by atoms with Crippen molar-refractivity contribution in [1.29, 1.82) is 0 Å². The summed E-state index contributed by atoms with van der Waals surface area (Å²) in [6.45, 7) is 0.949. The lowest BCUT2D eigenvalue weighted by atomic mass is 10.2. The van der Waals surface area contributed by atoms with Gasteiger partial charge in [0, 0.05) is 17.5 Å². The number of rotatable bonds is 2. The second kappa shape index (κ2) is 6.02. The van der Waals surface area contributed by atoms with Gasteiger partial charge < -0.3 is 14.8 Å². The van der Waals surface area contributed by atoms with Crippen LogP contribution >= 0.6 is 11.6 Å². The largest absolute Gasteiger partial charge is 0.486 e. The van der Waals surface area contributed by atoms with Crippen molar-refractivity contribution in [2.24, 2.45) is 0 Å². The normalized spacial score (nSPS) is 12.9. The fourth-order valence-corrected chi connectivity index (χ4v) is 2.74. The molecule has 0 atom stereocenters. The second-order valence-electron chi connectivity index (χ2n) is 5.32. The topological polar surface area (TPSA) is 60.5 Å². The molecule has 1 amide bonds. The maximum absolute atomic E-state index is 12.5. The van der Waals surface area contributed by atoms with Gasteiger partial charge in [-0.25, -0.2) is 4.98 Å². The second-order valence-corrected chi connectivity index (χ2v) is 5.73. The summed E-state index contributed by atoms with van der Waals surface area (Å²) in [5.41, 5.74) is 1.54. The highest BCUT2D eigenvalue weighted by Gasteiger charge is 2.17. The Kier molecular flexibility index (Phi) is 3.70. The third-order valence-corrected chi connectivity index (χ3v) is 4.02. The Balaban J connectivity index is 1.63. The van der Waals surface area contributed by atoms with Crippen molar-refractivity contribution in [2.45, 2.75) is 0 Å². The predicted molar refractivity (Wildman–Crippen MR) is 92.1 cm³/mol. The van der Waals surface area contributed by atoms with Gasteiger partial charge in [0.05, 0.1) is 16.2 Å². The number of anilines is 1. The van der Waals surface area contributed by atoms with Crippen LogP contribution in [0.3, 0.4) is 0 Å². The van der Waals surface area contributed by atoms with Crippen molar-refractivity contribution in [3.63, 3.8) is 0 Å². The van der Waals surface area contributed by atoms with E-state index in [9.17, 15) is 4.79 Å². The summed E-state index contributed by atoms with van der Waals surface area (Å²) in [5.74, 6) is 0.805. The van der Waals surface area contributed by atoms with Crippen LogP contribution in [0.1, 0.15) is 10.5 Å². The van der Waals surface area contributed by atoms with Crippen LogP contribution in [0.25, 0.3) is 10.9 Å². The molecule has 120 valence electrons. The number of aromatic nitrogens is 1.